The van der Waals surface area contributed by atoms with Crippen molar-refractivity contribution in [2.45, 2.75) is 10.9 Å². The number of halogens is 2. The van der Waals surface area contributed by atoms with Gasteiger partial charge in [-0.2, -0.15) is 0 Å². The maximum atomic E-state index is 12.3. The van der Waals surface area contributed by atoms with Crippen molar-refractivity contribution in [2.75, 3.05) is 5.33 Å². The molecule has 0 radical (unpaired) electrons. The molecular weight excluding hydrogens is 406 g/mol. The predicted octanol–water partition coefficient (Wildman–Crippen LogP) is 3.86. The van der Waals surface area contributed by atoms with Gasteiger partial charge in [-0.05, 0) is 29.8 Å². The van der Waals surface area contributed by atoms with Gasteiger partial charge in [0.25, 0.3) is 0 Å². The van der Waals surface area contributed by atoms with E-state index in [1.165, 1.54) is 0 Å². The van der Waals surface area contributed by atoms with Gasteiger partial charge in [0.2, 0.25) is 10.0 Å². The van der Waals surface area contributed by atoms with Gasteiger partial charge in [0, 0.05) is 9.80 Å². The van der Waals surface area contributed by atoms with Crippen LogP contribution in [0.3, 0.4) is 0 Å². The van der Waals surface area contributed by atoms with Gasteiger partial charge in [-0.15, -0.1) is 0 Å². The maximum Gasteiger partial charge on any atom is 0.241 e. The minimum Gasteiger partial charge on any atom is -0.207 e. The summed E-state index contributed by atoms with van der Waals surface area (Å²) in [6.45, 7) is 0. The van der Waals surface area contributed by atoms with Crippen molar-refractivity contribution in [3.63, 3.8) is 0 Å². The summed E-state index contributed by atoms with van der Waals surface area (Å²) in [6, 6.07) is 15.7. The van der Waals surface area contributed by atoms with Crippen molar-refractivity contribution in [3.05, 3.63) is 64.6 Å². The van der Waals surface area contributed by atoms with Crippen LogP contribution in [0.25, 0.3) is 0 Å². The molecule has 2 aromatic rings. The second-order valence-electron chi connectivity index (χ2n) is 4.19. The Balaban J connectivity index is 2.24. The second-order valence-corrected chi connectivity index (χ2v) is 7.47. The van der Waals surface area contributed by atoms with Gasteiger partial charge in [0.15, 0.2) is 0 Å². The van der Waals surface area contributed by atoms with E-state index in [2.05, 4.69) is 36.6 Å². The lowest BCUT2D eigenvalue weighted by Gasteiger charge is -2.16. The number of benzene rings is 2. The first-order valence-electron chi connectivity index (χ1n) is 5.92. The van der Waals surface area contributed by atoms with E-state index in [1.54, 1.807) is 24.3 Å². The van der Waals surface area contributed by atoms with Crippen LogP contribution < -0.4 is 4.72 Å². The molecule has 0 fully saturated rings. The highest BCUT2D eigenvalue weighted by atomic mass is 79.9. The largest absolute Gasteiger partial charge is 0.241 e. The van der Waals surface area contributed by atoms with Crippen molar-refractivity contribution in [1.29, 1.82) is 0 Å². The molecule has 1 N–H and O–H groups in total. The molecule has 20 heavy (non-hydrogen) atoms. The molecule has 0 heterocycles. The third-order valence-electron chi connectivity index (χ3n) is 2.78. The molecule has 0 aliphatic heterocycles. The molecule has 106 valence electrons. The Kier molecular flexibility index (Phi) is 5.37. The highest BCUT2D eigenvalue weighted by molar-refractivity contribution is 9.10. The average molecular weight is 419 g/mol. The topological polar surface area (TPSA) is 46.2 Å². The van der Waals surface area contributed by atoms with Crippen molar-refractivity contribution < 1.29 is 8.42 Å². The minimum absolute atomic E-state index is 0.252. The van der Waals surface area contributed by atoms with Crippen LogP contribution in [0.4, 0.5) is 0 Å². The van der Waals surface area contributed by atoms with E-state index in [4.69, 9.17) is 0 Å². The first kappa shape index (κ1) is 15.7. The smallest absolute Gasteiger partial charge is 0.207 e. The lowest BCUT2D eigenvalue weighted by molar-refractivity contribution is 0.569. The monoisotopic (exact) mass is 417 g/mol. The SMILES string of the molecule is O=S(=O)(NC(CBr)c1ccccc1)c1ccc(Br)cc1. The molecule has 0 bridgehead atoms. The lowest BCUT2D eigenvalue weighted by Crippen LogP contribution is -2.29. The number of sulfonamides is 1. The Bertz CT molecular complexity index is 657. The molecular formula is C14H13Br2NO2S. The molecule has 2 aromatic carbocycles. The number of rotatable bonds is 5. The summed E-state index contributed by atoms with van der Waals surface area (Å²) < 4.78 is 28.2. The van der Waals surface area contributed by atoms with Gasteiger partial charge in [-0.1, -0.05) is 62.2 Å². The van der Waals surface area contributed by atoms with E-state index in [-0.39, 0.29) is 10.9 Å². The zero-order valence-electron chi connectivity index (χ0n) is 10.5. The summed E-state index contributed by atoms with van der Waals surface area (Å²) in [7, 11) is -3.54. The standard InChI is InChI=1S/C14H13Br2NO2S/c15-10-14(11-4-2-1-3-5-11)17-20(18,19)13-8-6-12(16)7-9-13/h1-9,14,17H,10H2. The molecule has 1 unspecified atom stereocenters. The van der Waals surface area contributed by atoms with Crippen LogP contribution in [0.2, 0.25) is 0 Å². The van der Waals surface area contributed by atoms with E-state index in [0.717, 1.165) is 10.0 Å². The van der Waals surface area contributed by atoms with Crippen LogP contribution in [0.1, 0.15) is 11.6 Å². The number of nitrogens with one attached hydrogen (secondary N) is 1. The Hall–Kier alpha value is -0.690. The molecule has 0 aliphatic carbocycles. The van der Waals surface area contributed by atoms with Gasteiger partial charge in [-0.3, -0.25) is 0 Å². The summed E-state index contributed by atoms with van der Waals surface area (Å²) in [4.78, 5) is 0.252. The zero-order valence-corrected chi connectivity index (χ0v) is 14.4. The fourth-order valence-electron chi connectivity index (χ4n) is 1.74. The molecule has 0 amide bonds. The van der Waals surface area contributed by atoms with Gasteiger partial charge in [0.1, 0.15) is 0 Å². The van der Waals surface area contributed by atoms with Crippen molar-refractivity contribution in [3.8, 4) is 0 Å². The molecule has 2 rings (SSSR count). The lowest BCUT2D eigenvalue weighted by atomic mass is 10.1. The molecule has 0 aliphatic rings. The number of hydrogen-bond donors (Lipinski definition) is 1. The van der Waals surface area contributed by atoms with Crippen molar-refractivity contribution >= 4 is 41.9 Å². The van der Waals surface area contributed by atoms with E-state index in [1.807, 2.05) is 30.3 Å². The van der Waals surface area contributed by atoms with Gasteiger partial charge >= 0.3 is 0 Å². The number of alkyl halides is 1. The summed E-state index contributed by atoms with van der Waals surface area (Å²) in [6.07, 6.45) is 0. The summed E-state index contributed by atoms with van der Waals surface area (Å²) in [5, 5.41) is 0.507. The fraction of sp³-hybridized carbons (Fsp3) is 0.143. The zero-order chi connectivity index (χ0) is 14.6. The first-order chi connectivity index (χ1) is 9.53. The van der Waals surface area contributed by atoms with Gasteiger partial charge < -0.3 is 0 Å². The highest BCUT2D eigenvalue weighted by Crippen LogP contribution is 2.20. The van der Waals surface area contributed by atoms with Gasteiger partial charge in [0.05, 0.1) is 10.9 Å². The van der Waals surface area contributed by atoms with Gasteiger partial charge in [-0.25, -0.2) is 13.1 Å². The normalized spacial score (nSPS) is 13.1. The molecule has 3 nitrogen and oxygen atoms in total. The van der Waals surface area contributed by atoms with E-state index in [9.17, 15) is 8.42 Å². The Morgan fingerprint density at radius 1 is 1.00 bits per heavy atom. The third-order valence-corrected chi connectivity index (χ3v) is 5.44. The molecule has 0 saturated carbocycles. The maximum absolute atomic E-state index is 12.3. The minimum atomic E-state index is -3.54. The molecule has 0 saturated heterocycles. The summed E-state index contributed by atoms with van der Waals surface area (Å²) >= 11 is 6.65. The van der Waals surface area contributed by atoms with Crippen LogP contribution in [-0.2, 0) is 10.0 Å². The third kappa shape index (κ3) is 3.91. The Morgan fingerprint density at radius 2 is 1.60 bits per heavy atom. The van der Waals surface area contributed by atoms with E-state index >= 15 is 0 Å². The average Bonchev–Trinajstić information content (AvgIpc) is 2.46. The highest BCUT2D eigenvalue weighted by Gasteiger charge is 2.20. The van der Waals surface area contributed by atoms with Crippen LogP contribution in [0.15, 0.2) is 64.0 Å². The van der Waals surface area contributed by atoms with Crippen LogP contribution >= 0.6 is 31.9 Å². The van der Waals surface area contributed by atoms with Crippen molar-refractivity contribution in [1.82, 2.24) is 4.72 Å². The number of hydrogen-bond acceptors (Lipinski definition) is 2. The Labute approximate surface area is 135 Å². The second kappa shape index (κ2) is 6.85. The fourth-order valence-corrected chi connectivity index (χ4v) is 3.98. The van der Waals surface area contributed by atoms with Crippen LogP contribution in [0, 0.1) is 0 Å². The molecule has 6 heteroatoms. The van der Waals surface area contributed by atoms with E-state index in [0.29, 0.717) is 5.33 Å². The molecule has 0 aromatic heterocycles. The molecule has 0 spiro atoms. The van der Waals surface area contributed by atoms with E-state index < -0.39 is 10.0 Å². The quantitative estimate of drug-likeness (QED) is 0.749. The first-order valence-corrected chi connectivity index (χ1v) is 9.31. The predicted molar refractivity (Wildman–Crippen MR) is 87.4 cm³/mol. The Morgan fingerprint density at radius 3 is 2.15 bits per heavy atom. The molecule has 1 atom stereocenters. The van der Waals surface area contributed by atoms with Crippen LogP contribution in [-0.4, -0.2) is 13.7 Å². The van der Waals surface area contributed by atoms with Crippen LogP contribution in [0.5, 0.6) is 0 Å². The van der Waals surface area contributed by atoms with Crippen molar-refractivity contribution in [2.24, 2.45) is 0 Å². The summed E-state index contributed by atoms with van der Waals surface area (Å²) in [5.74, 6) is 0. The summed E-state index contributed by atoms with van der Waals surface area (Å²) in [5.41, 5.74) is 0.921.